The Labute approximate surface area is 112 Å². The molecule has 106 valence electrons. The van der Waals surface area contributed by atoms with Crippen molar-refractivity contribution in [3.63, 3.8) is 0 Å². The summed E-state index contributed by atoms with van der Waals surface area (Å²) in [6.45, 7) is 3.97. The van der Waals surface area contributed by atoms with Crippen molar-refractivity contribution in [1.29, 1.82) is 0 Å². The van der Waals surface area contributed by atoms with Crippen molar-refractivity contribution in [2.75, 3.05) is 0 Å². The number of hydrogen-bond donors (Lipinski definition) is 2. The zero-order valence-corrected chi connectivity index (χ0v) is 11.7. The van der Waals surface area contributed by atoms with Gasteiger partial charge in [0, 0.05) is 24.3 Å². The Bertz CT molecular complexity index is 550. The molecule has 1 fully saturated rings. The van der Waals surface area contributed by atoms with Crippen LogP contribution < -0.4 is 10.0 Å². The van der Waals surface area contributed by atoms with Crippen molar-refractivity contribution >= 4 is 10.0 Å². The van der Waals surface area contributed by atoms with Gasteiger partial charge in [-0.3, -0.25) is 0 Å². The van der Waals surface area contributed by atoms with Crippen LogP contribution in [0.1, 0.15) is 26.7 Å². The van der Waals surface area contributed by atoms with Crippen molar-refractivity contribution in [2.24, 2.45) is 0 Å². The lowest BCUT2D eigenvalue weighted by Gasteiger charge is -2.34. The van der Waals surface area contributed by atoms with E-state index in [1.54, 1.807) is 0 Å². The Morgan fingerprint density at radius 2 is 2.16 bits per heavy atom. The average Bonchev–Trinajstić information content (AvgIpc) is 2.33. The highest BCUT2D eigenvalue weighted by Crippen LogP contribution is 2.17. The molecule has 0 spiro atoms. The van der Waals surface area contributed by atoms with Gasteiger partial charge in [-0.2, -0.15) is 0 Å². The minimum Gasteiger partial charge on any atom is -0.310 e. The first-order valence-electron chi connectivity index (χ1n) is 6.29. The molecular weight excluding hydrogens is 269 g/mol. The zero-order valence-electron chi connectivity index (χ0n) is 10.9. The molecule has 1 aliphatic heterocycles. The van der Waals surface area contributed by atoms with E-state index in [4.69, 9.17) is 0 Å². The molecule has 5 nitrogen and oxygen atoms in total. The van der Waals surface area contributed by atoms with Crippen LogP contribution in [-0.2, 0) is 10.0 Å². The van der Waals surface area contributed by atoms with Crippen LogP contribution in [0.2, 0.25) is 0 Å². The van der Waals surface area contributed by atoms with Gasteiger partial charge in [0.1, 0.15) is 0 Å². The number of nitrogens with zero attached hydrogens (tertiary/aromatic N) is 1. The van der Waals surface area contributed by atoms with E-state index in [-0.39, 0.29) is 12.1 Å². The topological polar surface area (TPSA) is 71.1 Å². The third kappa shape index (κ3) is 3.29. The van der Waals surface area contributed by atoms with Gasteiger partial charge in [0.05, 0.1) is 0 Å². The van der Waals surface area contributed by atoms with Crippen LogP contribution in [0, 0.1) is 5.82 Å². The molecule has 2 heterocycles. The van der Waals surface area contributed by atoms with E-state index < -0.39 is 20.9 Å². The van der Waals surface area contributed by atoms with Crippen molar-refractivity contribution in [3.05, 3.63) is 24.1 Å². The molecular formula is C12H18FN3O2S. The third-order valence-electron chi connectivity index (χ3n) is 3.35. The molecule has 0 amide bonds. The van der Waals surface area contributed by atoms with E-state index in [0.717, 1.165) is 18.9 Å². The van der Waals surface area contributed by atoms with E-state index in [2.05, 4.69) is 21.9 Å². The Balaban J connectivity index is 2.16. The summed E-state index contributed by atoms with van der Waals surface area (Å²) in [7, 11) is -3.92. The van der Waals surface area contributed by atoms with Crippen LogP contribution in [0.5, 0.6) is 0 Å². The van der Waals surface area contributed by atoms with Gasteiger partial charge in [-0.1, -0.05) is 0 Å². The number of nitrogens with one attached hydrogen (secondary N) is 2. The minimum atomic E-state index is -3.92. The van der Waals surface area contributed by atoms with Gasteiger partial charge in [0.25, 0.3) is 10.0 Å². The summed E-state index contributed by atoms with van der Waals surface area (Å²) < 4.78 is 40.2. The summed E-state index contributed by atoms with van der Waals surface area (Å²) in [6.07, 6.45) is 2.87. The molecule has 0 aromatic carbocycles. The van der Waals surface area contributed by atoms with Crippen molar-refractivity contribution in [1.82, 2.24) is 15.0 Å². The molecule has 19 heavy (non-hydrogen) atoms. The lowest BCUT2D eigenvalue weighted by Crippen LogP contribution is -2.54. The quantitative estimate of drug-likeness (QED) is 0.871. The molecule has 2 N–H and O–H groups in total. The minimum absolute atomic E-state index is 0.00491. The van der Waals surface area contributed by atoms with Crippen LogP contribution in [0.15, 0.2) is 23.4 Å². The highest BCUT2D eigenvalue weighted by molar-refractivity contribution is 7.89. The smallest absolute Gasteiger partial charge is 0.261 e. The number of piperidine rings is 1. The molecule has 0 saturated carbocycles. The lowest BCUT2D eigenvalue weighted by atomic mass is 9.96. The fourth-order valence-electron chi connectivity index (χ4n) is 2.31. The van der Waals surface area contributed by atoms with Crippen molar-refractivity contribution < 1.29 is 12.8 Å². The molecule has 0 radical (unpaired) electrons. The second-order valence-corrected chi connectivity index (χ2v) is 6.58. The maximum absolute atomic E-state index is 13.5. The fourth-order valence-corrected chi connectivity index (χ4v) is 3.67. The summed E-state index contributed by atoms with van der Waals surface area (Å²) in [6, 6.07) is 2.57. The molecule has 0 bridgehead atoms. The van der Waals surface area contributed by atoms with Gasteiger partial charge in [-0.25, -0.2) is 22.5 Å². The Kier molecular flexibility index (Phi) is 4.17. The standard InChI is InChI=1S/C12H18FN3O2S/c1-8-5-6-11(9(2)15-8)16-19(17,18)12-10(13)4-3-7-14-12/h3-4,7-9,11,15-16H,5-6H2,1-2H3. The van der Waals surface area contributed by atoms with Gasteiger partial charge in [0.2, 0.25) is 5.03 Å². The van der Waals surface area contributed by atoms with Gasteiger partial charge in [-0.05, 0) is 38.8 Å². The van der Waals surface area contributed by atoms with Crippen LogP contribution in [-0.4, -0.2) is 31.5 Å². The van der Waals surface area contributed by atoms with Crippen molar-refractivity contribution in [2.45, 2.75) is 49.8 Å². The van der Waals surface area contributed by atoms with E-state index in [9.17, 15) is 12.8 Å². The predicted molar refractivity (Wildman–Crippen MR) is 69.6 cm³/mol. The highest BCUT2D eigenvalue weighted by Gasteiger charge is 2.30. The van der Waals surface area contributed by atoms with Gasteiger partial charge in [0.15, 0.2) is 5.82 Å². The molecule has 7 heteroatoms. The normalized spacial score (nSPS) is 28.3. The summed E-state index contributed by atoms with van der Waals surface area (Å²) in [5.74, 6) is -0.834. The largest absolute Gasteiger partial charge is 0.310 e. The monoisotopic (exact) mass is 287 g/mol. The van der Waals surface area contributed by atoms with Crippen LogP contribution in [0.25, 0.3) is 0 Å². The molecule has 1 aliphatic rings. The van der Waals surface area contributed by atoms with E-state index in [1.807, 2.05) is 6.92 Å². The van der Waals surface area contributed by atoms with Crippen molar-refractivity contribution in [3.8, 4) is 0 Å². The van der Waals surface area contributed by atoms with E-state index in [0.29, 0.717) is 6.04 Å². The van der Waals surface area contributed by atoms with Crippen LogP contribution in [0.3, 0.4) is 0 Å². The number of aromatic nitrogens is 1. The van der Waals surface area contributed by atoms with Crippen LogP contribution in [0.4, 0.5) is 4.39 Å². The maximum Gasteiger partial charge on any atom is 0.261 e. The Morgan fingerprint density at radius 3 is 2.79 bits per heavy atom. The van der Waals surface area contributed by atoms with E-state index >= 15 is 0 Å². The number of pyridine rings is 1. The fraction of sp³-hybridized carbons (Fsp3) is 0.583. The Hall–Kier alpha value is -1.05. The summed E-state index contributed by atoms with van der Waals surface area (Å²) in [5, 5.41) is 2.74. The third-order valence-corrected chi connectivity index (χ3v) is 4.77. The Morgan fingerprint density at radius 1 is 1.42 bits per heavy atom. The first kappa shape index (κ1) is 14.4. The summed E-state index contributed by atoms with van der Waals surface area (Å²) in [5.41, 5.74) is 0. The molecule has 1 saturated heterocycles. The lowest BCUT2D eigenvalue weighted by molar-refractivity contribution is 0.296. The first-order chi connectivity index (χ1) is 8.90. The molecule has 0 aliphatic carbocycles. The number of rotatable bonds is 3. The number of hydrogen-bond acceptors (Lipinski definition) is 4. The SMILES string of the molecule is CC1CCC(NS(=O)(=O)c2ncccc2F)C(C)N1. The number of halogens is 1. The van der Waals surface area contributed by atoms with E-state index in [1.165, 1.54) is 12.3 Å². The van der Waals surface area contributed by atoms with Crippen LogP contribution >= 0.6 is 0 Å². The molecule has 1 aromatic rings. The number of sulfonamides is 1. The molecule has 3 atom stereocenters. The molecule has 2 rings (SSSR count). The van der Waals surface area contributed by atoms with Gasteiger partial charge < -0.3 is 5.32 Å². The molecule has 1 aromatic heterocycles. The van der Waals surface area contributed by atoms with Gasteiger partial charge in [-0.15, -0.1) is 0 Å². The molecule has 3 unspecified atom stereocenters. The second-order valence-electron chi connectivity index (χ2n) is 4.95. The maximum atomic E-state index is 13.5. The zero-order chi connectivity index (χ0) is 14.0. The first-order valence-corrected chi connectivity index (χ1v) is 7.77. The van der Waals surface area contributed by atoms with Gasteiger partial charge >= 0.3 is 0 Å². The second kappa shape index (κ2) is 5.52. The average molecular weight is 287 g/mol. The summed E-state index contributed by atoms with van der Waals surface area (Å²) in [4.78, 5) is 3.61. The highest BCUT2D eigenvalue weighted by atomic mass is 32.2. The summed E-state index contributed by atoms with van der Waals surface area (Å²) >= 11 is 0. The predicted octanol–water partition coefficient (Wildman–Crippen LogP) is 1.03.